The summed E-state index contributed by atoms with van der Waals surface area (Å²) in [6.07, 6.45) is 1.43. The number of carboxylic acids is 1. The topological polar surface area (TPSA) is 81.7 Å². The molecule has 2 aromatic rings. The van der Waals surface area contributed by atoms with Crippen LogP contribution in [0.1, 0.15) is 18.4 Å². The van der Waals surface area contributed by atoms with Crippen molar-refractivity contribution in [3.63, 3.8) is 0 Å². The number of aliphatic carboxylic acids is 1. The molecule has 0 atom stereocenters. The predicted molar refractivity (Wildman–Crippen MR) is 97.5 cm³/mol. The molecule has 3 rings (SSSR count). The molecule has 2 aromatic carbocycles. The monoisotopic (exact) mass is 339 g/mol. The molecular formula is C19H21N3O3. The fraction of sp³-hybridized carbons (Fsp3) is 0.263. The van der Waals surface area contributed by atoms with Crippen molar-refractivity contribution in [1.82, 2.24) is 5.32 Å². The van der Waals surface area contributed by atoms with E-state index < -0.39 is 5.97 Å². The average molecular weight is 339 g/mol. The van der Waals surface area contributed by atoms with Gasteiger partial charge in [0.1, 0.15) is 0 Å². The lowest BCUT2D eigenvalue weighted by atomic mass is 10.2. The van der Waals surface area contributed by atoms with Crippen LogP contribution in [0.5, 0.6) is 0 Å². The highest BCUT2D eigenvalue weighted by atomic mass is 16.4. The van der Waals surface area contributed by atoms with Crippen LogP contribution in [0, 0.1) is 0 Å². The van der Waals surface area contributed by atoms with Gasteiger partial charge in [-0.2, -0.15) is 0 Å². The number of fused-ring (bicyclic) bond motifs is 1. The molecule has 3 N–H and O–H groups in total. The number of nitrogens with zero attached hydrogens (tertiary/aromatic N) is 1. The van der Waals surface area contributed by atoms with Crippen LogP contribution in [0.3, 0.4) is 0 Å². The van der Waals surface area contributed by atoms with Crippen LogP contribution in [0.25, 0.3) is 0 Å². The Morgan fingerprint density at radius 1 is 1.04 bits per heavy atom. The number of hydrogen-bond acceptors (Lipinski definition) is 3. The van der Waals surface area contributed by atoms with Gasteiger partial charge in [0.25, 0.3) is 0 Å². The molecule has 0 saturated heterocycles. The molecule has 0 fully saturated rings. The number of hydrogen-bond donors (Lipinski definition) is 3. The molecule has 1 aliphatic heterocycles. The van der Waals surface area contributed by atoms with Crippen LogP contribution in [0.4, 0.5) is 21.9 Å². The molecule has 0 saturated carbocycles. The summed E-state index contributed by atoms with van der Waals surface area (Å²) in [6, 6.07) is 15.6. The predicted octanol–water partition coefficient (Wildman–Crippen LogP) is 3.37. The molecular weight excluding hydrogens is 318 g/mol. The van der Waals surface area contributed by atoms with Crippen LogP contribution in [-0.4, -0.2) is 30.2 Å². The van der Waals surface area contributed by atoms with Gasteiger partial charge in [-0.1, -0.05) is 30.3 Å². The van der Waals surface area contributed by atoms with Crippen LogP contribution >= 0.6 is 0 Å². The van der Waals surface area contributed by atoms with Crippen LogP contribution < -0.4 is 15.5 Å². The van der Waals surface area contributed by atoms with Gasteiger partial charge >= 0.3 is 12.0 Å². The molecule has 0 aliphatic carbocycles. The van der Waals surface area contributed by atoms with Gasteiger partial charge < -0.3 is 20.6 Å². The van der Waals surface area contributed by atoms with E-state index in [9.17, 15) is 9.59 Å². The number of anilines is 3. The largest absolute Gasteiger partial charge is 0.481 e. The lowest BCUT2D eigenvalue weighted by Gasteiger charge is -2.23. The van der Waals surface area contributed by atoms with Gasteiger partial charge in [-0.3, -0.25) is 4.79 Å². The third-order valence-electron chi connectivity index (χ3n) is 4.18. The van der Waals surface area contributed by atoms with Crippen molar-refractivity contribution in [2.24, 2.45) is 0 Å². The Morgan fingerprint density at radius 2 is 1.76 bits per heavy atom. The van der Waals surface area contributed by atoms with Crippen LogP contribution in [-0.2, 0) is 11.2 Å². The smallest absolute Gasteiger partial charge is 0.319 e. The van der Waals surface area contributed by atoms with Crippen molar-refractivity contribution in [2.45, 2.75) is 19.3 Å². The summed E-state index contributed by atoms with van der Waals surface area (Å²) < 4.78 is 0. The molecule has 2 amide bonds. The number of urea groups is 1. The van der Waals surface area contributed by atoms with Crippen molar-refractivity contribution in [1.29, 1.82) is 0 Å². The Labute approximate surface area is 146 Å². The normalized spacial score (nSPS) is 12.6. The van der Waals surface area contributed by atoms with E-state index in [-0.39, 0.29) is 12.5 Å². The first kappa shape index (κ1) is 16.8. The average Bonchev–Trinajstić information content (AvgIpc) is 3.03. The maximum atomic E-state index is 12.1. The molecule has 6 nitrogen and oxygen atoms in total. The highest BCUT2D eigenvalue weighted by Crippen LogP contribution is 2.37. The Hall–Kier alpha value is -3.02. The maximum absolute atomic E-state index is 12.1. The highest BCUT2D eigenvalue weighted by Gasteiger charge is 2.22. The number of carbonyl (C=O) groups is 2. The molecule has 0 bridgehead atoms. The van der Waals surface area contributed by atoms with Gasteiger partial charge in [-0.05, 0) is 36.6 Å². The molecule has 0 aromatic heterocycles. The quantitative estimate of drug-likeness (QED) is 0.705. The van der Waals surface area contributed by atoms with E-state index in [4.69, 9.17) is 5.11 Å². The number of carbonyl (C=O) groups excluding carboxylic acids is 1. The second-order valence-electron chi connectivity index (χ2n) is 5.93. The Balaban J connectivity index is 1.68. The van der Waals surface area contributed by atoms with E-state index in [1.807, 2.05) is 36.4 Å². The van der Waals surface area contributed by atoms with Crippen molar-refractivity contribution in [2.75, 3.05) is 23.3 Å². The molecule has 1 heterocycles. The SMILES string of the molecule is O=C(O)CCCNC(=O)Nc1ccccc1N1CCc2ccccc21. The minimum atomic E-state index is -0.861. The number of benzene rings is 2. The second-order valence-corrected chi connectivity index (χ2v) is 5.93. The zero-order chi connectivity index (χ0) is 17.6. The number of rotatable bonds is 6. The van der Waals surface area contributed by atoms with Crippen molar-refractivity contribution in [3.05, 3.63) is 54.1 Å². The molecule has 0 spiro atoms. The second kappa shape index (κ2) is 7.70. The van der Waals surface area contributed by atoms with Crippen molar-refractivity contribution in [3.8, 4) is 0 Å². The molecule has 0 unspecified atom stereocenters. The van der Waals surface area contributed by atoms with Gasteiger partial charge in [0.15, 0.2) is 0 Å². The zero-order valence-electron chi connectivity index (χ0n) is 13.9. The fourth-order valence-electron chi connectivity index (χ4n) is 3.01. The number of nitrogens with one attached hydrogen (secondary N) is 2. The van der Waals surface area contributed by atoms with E-state index in [0.29, 0.717) is 13.0 Å². The Bertz CT molecular complexity index is 776. The van der Waals surface area contributed by atoms with Crippen LogP contribution in [0.2, 0.25) is 0 Å². The van der Waals surface area contributed by atoms with Crippen molar-refractivity contribution >= 4 is 29.1 Å². The molecule has 6 heteroatoms. The summed E-state index contributed by atoms with van der Waals surface area (Å²) in [5, 5.41) is 14.2. The maximum Gasteiger partial charge on any atom is 0.319 e. The first-order valence-corrected chi connectivity index (χ1v) is 8.36. The van der Waals surface area contributed by atoms with Gasteiger partial charge in [-0.15, -0.1) is 0 Å². The number of amides is 2. The summed E-state index contributed by atoms with van der Waals surface area (Å²) in [5.74, 6) is -0.861. The van der Waals surface area contributed by atoms with E-state index in [1.165, 1.54) is 11.3 Å². The van der Waals surface area contributed by atoms with E-state index in [1.54, 1.807) is 0 Å². The molecule has 130 valence electrons. The van der Waals surface area contributed by atoms with E-state index in [2.05, 4.69) is 27.7 Å². The summed E-state index contributed by atoms with van der Waals surface area (Å²) >= 11 is 0. The van der Waals surface area contributed by atoms with Gasteiger partial charge in [0.2, 0.25) is 0 Å². The minimum absolute atomic E-state index is 0.0431. The molecule has 25 heavy (non-hydrogen) atoms. The van der Waals surface area contributed by atoms with Crippen LogP contribution in [0.15, 0.2) is 48.5 Å². The number of carboxylic acid groups (broad SMARTS) is 1. The van der Waals surface area contributed by atoms with Gasteiger partial charge in [0, 0.05) is 25.2 Å². The summed E-state index contributed by atoms with van der Waals surface area (Å²) in [4.78, 5) is 24.8. The zero-order valence-corrected chi connectivity index (χ0v) is 13.9. The summed E-state index contributed by atoms with van der Waals surface area (Å²) in [5.41, 5.74) is 4.15. The third kappa shape index (κ3) is 4.09. The fourth-order valence-corrected chi connectivity index (χ4v) is 3.01. The lowest BCUT2D eigenvalue weighted by Crippen LogP contribution is -2.30. The van der Waals surface area contributed by atoms with E-state index in [0.717, 1.165) is 24.3 Å². The standard InChI is InChI=1S/C19H21N3O3/c23-18(24)10-5-12-20-19(25)21-15-7-2-4-9-17(15)22-13-11-14-6-1-3-8-16(14)22/h1-4,6-9H,5,10-13H2,(H,23,24)(H2,20,21,25). The molecule has 1 aliphatic rings. The lowest BCUT2D eigenvalue weighted by molar-refractivity contribution is -0.137. The number of para-hydroxylation sites is 3. The Kier molecular flexibility index (Phi) is 5.18. The summed E-state index contributed by atoms with van der Waals surface area (Å²) in [7, 11) is 0. The van der Waals surface area contributed by atoms with Crippen molar-refractivity contribution < 1.29 is 14.7 Å². The highest BCUT2D eigenvalue weighted by molar-refractivity contribution is 5.94. The van der Waals surface area contributed by atoms with Gasteiger partial charge in [0.05, 0.1) is 11.4 Å². The minimum Gasteiger partial charge on any atom is -0.481 e. The first-order chi connectivity index (χ1) is 12.1. The first-order valence-electron chi connectivity index (χ1n) is 8.36. The van der Waals surface area contributed by atoms with Gasteiger partial charge in [-0.25, -0.2) is 4.79 Å². The Morgan fingerprint density at radius 3 is 2.56 bits per heavy atom. The third-order valence-corrected chi connectivity index (χ3v) is 4.18. The van der Waals surface area contributed by atoms with E-state index >= 15 is 0 Å². The molecule has 0 radical (unpaired) electrons. The summed E-state index contributed by atoms with van der Waals surface area (Å²) in [6.45, 7) is 1.20.